The minimum Gasteiger partial charge on any atom is -0.493 e. The fraction of sp³-hybridized carbons (Fsp3) is 0.235. The number of carbonyl (C=O) groups is 2. The molecule has 4 aromatic rings. The third-order valence-electron chi connectivity index (χ3n) is 7.22. The average molecular weight is 616 g/mol. The van der Waals surface area contributed by atoms with Gasteiger partial charge in [0.25, 0.3) is 10.0 Å². The second kappa shape index (κ2) is 14.6. The maximum atomic E-state index is 14.4. The normalized spacial score (nSPS) is 11.7. The van der Waals surface area contributed by atoms with E-state index >= 15 is 0 Å². The first-order chi connectivity index (χ1) is 21.2. The minimum atomic E-state index is -4.28. The van der Waals surface area contributed by atoms with Crippen molar-refractivity contribution in [2.45, 2.75) is 30.8 Å². The van der Waals surface area contributed by atoms with Crippen LogP contribution in [0.25, 0.3) is 0 Å². The summed E-state index contributed by atoms with van der Waals surface area (Å²) in [6.07, 6.45) is 0.242. The summed E-state index contributed by atoms with van der Waals surface area (Å²) in [4.78, 5) is 29.1. The van der Waals surface area contributed by atoms with Crippen molar-refractivity contribution >= 4 is 27.5 Å². The van der Waals surface area contributed by atoms with Crippen LogP contribution in [0.1, 0.15) is 16.7 Å². The maximum Gasteiger partial charge on any atom is 0.264 e. The number of methoxy groups -OCH3 is 2. The van der Waals surface area contributed by atoms with Gasteiger partial charge in [-0.1, -0.05) is 78.4 Å². The molecule has 0 radical (unpaired) electrons. The van der Waals surface area contributed by atoms with E-state index in [1.807, 2.05) is 61.5 Å². The number of carbonyl (C=O) groups excluding carboxylic acids is 2. The molecule has 0 saturated carbocycles. The smallest absolute Gasteiger partial charge is 0.264 e. The molecule has 10 heteroatoms. The van der Waals surface area contributed by atoms with Gasteiger partial charge in [0.15, 0.2) is 11.5 Å². The molecule has 1 atom stereocenters. The second-order valence-corrected chi connectivity index (χ2v) is 12.1. The van der Waals surface area contributed by atoms with Crippen LogP contribution >= 0.6 is 0 Å². The SMILES string of the molecule is CNC(=O)[C@H](Cc1ccccc1)N(Cc1cccc(C)c1)C(=O)CN(c1ccccc1)S(=O)(=O)c1ccc(OC)c(OC)c1. The Morgan fingerprint density at radius 3 is 2.05 bits per heavy atom. The number of aryl methyl sites for hydroxylation is 1. The van der Waals surface area contributed by atoms with Crippen LogP contribution in [0.4, 0.5) is 5.69 Å². The molecule has 0 aromatic heterocycles. The summed E-state index contributed by atoms with van der Waals surface area (Å²) in [5.41, 5.74) is 2.97. The maximum absolute atomic E-state index is 14.4. The summed E-state index contributed by atoms with van der Waals surface area (Å²) in [6, 6.07) is 28.8. The summed E-state index contributed by atoms with van der Waals surface area (Å²) in [5, 5.41) is 2.69. The quantitative estimate of drug-likeness (QED) is 0.236. The number of hydrogen-bond donors (Lipinski definition) is 1. The van der Waals surface area contributed by atoms with Crippen LogP contribution < -0.4 is 19.1 Å². The van der Waals surface area contributed by atoms with Crippen LogP contribution in [-0.4, -0.2) is 59.0 Å². The first-order valence-corrected chi connectivity index (χ1v) is 15.5. The third-order valence-corrected chi connectivity index (χ3v) is 8.99. The van der Waals surface area contributed by atoms with E-state index in [2.05, 4.69) is 5.32 Å². The van der Waals surface area contributed by atoms with E-state index < -0.39 is 28.5 Å². The predicted molar refractivity (Wildman–Crippen MR) is 170 cm³/mol. The van der Waals surface area contributed by atoms with E-state index in [1.165, 1.54) is 44.4 Å². The highest BCUT2D eigenvalue weighted by Crippen LogP contribution is 2.32. The minimum absolute atomic E-state index is 0.0795. The van der Waals surface area contributed by atoms with Crippen molar-refractivity contribution < 1.29 is 27.5 Å². The molecular weight excluding hydrogens is 578 g/mol. The third kappa shape index (κ3) is 7.57. The molecule has 0 spiro atoms. The molecule has 0 fully saturated rings. The topological polar surface area (TPSA) is 105 Å². The first kappa shape index (κ1) is 32.1. The number of benzene rings is 4. The molecule has 0 aliphatic heterocycles. The number of hydrogen-bond acceptors (Lipinski definition) is 6. The van der Waals surface area contributed by atoms with Gasteiger partial charge < -0.3 is 19.7 Å². The second-order valence-electron chi connectivity index (χ2n) is 10.2. The summed E-state index contributed by atoms with van der Waals surface area (Å²) in [7, 11) is 0.119. The molecule has 1 N–H and O–H groups in total. The monoisotopic (exact) mass is 615 g/mol. The van der Waals surface area contributed by atoms with Crippen LogP contribution in [0.5, 0.6) is 11.5 Å². The molecule has 4 rings (SSSR count). The molecular formula is C34H37N3O6S. The van der Waals surface area contributed by atoms with Gasteiger partial charge in [-0.25, -0.2) is 8.42 Å². The van der Waals surface area contributed by atoms with Gasteiger partial charge in [-0.3, -0.25) is 13.9 Å². The average Bonchev–Trinajstić information content (AvgIpc) is 3.05. The molecule has 44 heavy (non-hydrogen) atoms. The molecule has 230 valence electrons. The zero-order valence-electron chi connectivity index (χ0n) is 25.3. The molecule has 0 saturated heterocycles. The Morgan fingerprint density at radius 1 is 0.795 bits per heavy atom. The molecule has 0 aliphatic rings. The number of ether oxygens (including phenoxy) is 2. The Labute approximate surface area is 259 Å². The Morgan fingerprint density at radius 2 is 1.43 bits per heavy atom. The standard InChI is InChI=1S/C34H37N3O6S/c1-25-12-11-15-27(20-25)23-36(30(34(39)35-2)21-26-13-7-5-8-14-26)33(38)24-37(28-16-9-6-10-17-28)44(40,41)29-18-19-31(42-3)32(22-29)43-4/h5-20,22,30H,21,23-24H2,1-4H3,(H,35,39)/t30-/m0/s1. The van der Waals surface area contributed by atoms with E-state index in [1.54, 1.807) is 30.3 Å². The van der Waals surface area contributed by atoms with E-state index in [9.17, 15) is 18.0 Å². The Bertz CT molecular complexity index is 1680. The number of anilines is 1. The molecule has 0 aliphatic carbocycles. The van der Waals surface area contributed by atoms with Gasteiger partial charge in [-0.15, -0.1) is 0 Å². The number of nitrogens with zero attached hydrogens (tertiary/aromatic N) is 2. The zero-order chi connectivity index (χ0) is 31.7. The number of amides is 2. The summed E-state index contributed by atoms with van der Waals surface area (Å²) < 4.78 is 40.1. The van der Waals surface area contributed by atoms with Crippen LogP contribution in [0.2, 0.25) is 0 Å². The lowest BCUT2D eigenvalue weighted by Gasteiger charge is -2.33. The number of rotatable bonds is 13. The van der Waals surface area contributed by atoms with Crippen molar-refractivity contribution in [3.05, 3.63) is 120 Å². The summed E-state index contributed by atoms with van der Waals surface area (Å²) in [5.74, 6) is -0.295. The number of sulfonamides is 1. The predicted octanol–water partition coefficient (Wildman–Crippen LogP) is 4.59. The molecule has 0 unspecified atom stereocenters. The largest absolute Gasteiger partial charge is 0.493 e. The number of likely N-dealkylation sites (N-methyl/N-ethyl adjacent to an activating group) is 1. The van der Waals surface area contributed by atoms with Gasteiger partial charge in [-0.2, -0.15) is 0 Å². The molecule has 9 nitrogen and oxygen atoms in total. The lowest BCUT2D eigenvalue weighted by Crippen LogP contribution is -2.53. The Hall–Kier alpha value is -4.83. The Balaban J connectivity index is 1.79. The van der Waals surface area contributed by atoms with Crippen LogP contribution in [-0.2, 0) is 32.6 Å². The van der Waals surface area contributed by atoms with E-state index in [-0.39, 0.29) is 29.5 Å². The fourth-order valence-corrected chi connectivity index (χ4v) is 6.39. The van der Waals surface area contributed by atoms with Crippen molar-refractivity contribution in [1.29, 1.82) is 0 Å². The Kier molecular flexibility index (Phi) is 10.6. The summed E-state index contributed by atoms with van der Waals surface area (Å²) >= 11 is 0. The highest BCUT2D eigenvalue weighted by molar-refractivity contribution is 7.92. The molecule has 0 heterocycles. The molecule has 2 amide bonds. The first-order valence-electron chi connectivity index (χ1n) is 14.1. The van der Waals surface area contributed by atoms with Crippen molar-refractivity contribution in [3.63, 3.8) is 0 Å². The molecule has 0 bridgehead atoms. The lowest BCUT2D eigenvalue weighted by atomic mass is 10.0. The van der Waals surface area contributed by atoms with Crippen LogP contribution in [0.3, 0.4) is 0 Å². The highest BCUT2D eigenvalue weighted by Gasteiger charge is 2.34. The highest BCUT2D eigenvalue weighted by atomic mass is 32.2. The number of nitrogens with one attached hydrogen (secondary N) is 1. The van der Waals surface area contributed by atoms with Gasteiger partial charge in [0.1, 0.15) is 12.6 Å². The van der Waals surface area contributed by atoms with Gasteiger partial charge in [0.05, 0.1) is 24.8 Å². The zero-order valence-corrected chi connectivity index (χ0v) is 26.1. The van der Waals surface area contributed by atoms with Crippen molar-refractivity contribution in [1.82, 2.24) is 10.2 Å². The van der Waals surface area contributed by atoms with Gasteiger partial charge >= 0.3 is 0 Å². The van der Waals surface area contributed by atoms with Gasteiger partial charge in [0, 0.05) is 26.1 Å². The van der Waals surface area contributed by atoms with Crippen molar-refractivity contribution in [3.8, 4) is 11.5 Å². The van der Waals surface area contributed by atoms with E-state index in [0.29, 0.717) is 11.4 Å². The fourth-order valence-electron chi connectivity index (χ4n) is 4.95. The van der Waals surface area contributed by atoms with Crippen molar-refractivity contribution in [2.75, 3.05) is 32.1 Å². The van der Waals surface area contributed by atoms with Crippen LogP contribution in [0, 0.1) is 6.92 Å². The molecule has 4 aromatic carbocycles. The lowest BCUT2D eigenvalue weighted by molar-refractivity contribution is -0.139. The van der Waals surface area contributed by atoms with Gasteiger partial charge in [0.2, 0.25) is 11.8 Å². The van der Waals surface area contributed by atoms with E-state index in [0.717, 1.165) is 21.0 Å². The van der Waals surface area contributed by atoms with Crippen molar-refractivity contribution in [2.24, 2.45) is 0 Å². The van der Waals surface area contributed by atoms with E-state index in [4.69, 9.17) is 9.47 Å². The summed E-state index contributed by atoms with van der Waals surface area (Å²) in [6.45, 7) is 1.50. The van der Waals surface area contributed by atoms with Gasteiger partial charge in [-0.05, 0) is 42.3 Å². The van der Waals surface area contributed by atoms with Crippen LogP contribution in [0.15, 0.2) is 108 Å². The number of para-hydroxylation sites is 1.